The van der Waals surface area contributed by atoms with Gasteiger partial charge in [0.2, 0.25) is 5.95 Å². The van der Waals surface area contributed by atoms with Crippen molar-refractivity contribution in [1.82, 2.24) is 9.88 Å². The Morgan fingerprint density at radius 2 is 1.95 bits per heavy atom. The molecule has 0 spiro atoms. The van der Waals surface area contributed by atoms with Gasteiger partial charge in [-0.15, -0.1) is 11.8 Å². The minimum absolute atomic E-state index is 0.119. The second kappa shape index (κ2) is 6.52. The average molecular weight is 290 g/mol. The van der Waals surface area contributed by atoms with Gasteiger partial charge in [-0.05, 0) is 36.1 Å². The molecule has 0 fully saturated rings. The third-order valence-electron chi connectivity index (χ3n) is 2.86. The smallest absolute Gasteiger partial charge is 0.272 e. The minimum atomic E-state index is -0.645. The van der Waals surface area contributed by atoms with E-state index in [0.717, 1.165) is 5.56 Å². The van der Waals surface area contributed by atoms with E-state index in [-0.39, 0.29) is 11.6 Å². The molecule has 2 rings (SSSR count). The number of carbonyl (C=O) groups excluding carboxylic acids is 1. The minimum Gasteiger partial charge on any atom is -0.336 e. The first kappa shape index (κ1) is 14.5. The number of benzene rings is 1. The van der Waals surface area contributed by atoms with Gasteiger partial charge < -0.3 is 4.90 Å². The Labute approximate surface area is 121 Å². The first-order chi connectivity index (χ1) is 9.60. The fourth-order valence-electron chi connectivity index (χ4n) is 1.80. The average Bonchev–Trinajstić information content (AvgIpc) is 2.47. The number of pyridine rings is 1. The molecule has 1 heterocycles. The molecule has 0 unspecified atom stereocenters. The first-order valence-electron chi connectivity index (χ1n) is 6.11. The van der Waals surface area contributed by atoms with Crippen LogP contribution in [0.15, 0.2) is 47.4 Å². The van der Waals surface area contributed by atoms with Gasteiger partial charge in [0.05, 0.1) is 0 Å². The van der Waals surface area contributed by atoms with Crippen LogP contribution in [0.2, 0.25) is 0 Å². The van der Waals surface area contributed by atoms with Crippen LogP contribution in [-0.2, 0) is 6.54 Å². The summed E-state index contributed by atoms with van der Waals surface area (Å²) in [5.74, 6) is -0.938. The first-order valence-corrected chi connectivity index (χ1v) is 7.33. The van der Waals surface area contributed by atoms with Crippen LogP contribution in [-0.4, -0.2) is 29.1 Å². The number of thioether (sulfide) groups is 1. The summed E-state index contributed by atoms with van der Waals surface area (Å²) >= 11 is 1.67. The van der Waals surface area contributed by atoms with Gasteiger partial charge in [-0.25, -0.2) is 4.98 Å². The highest BCUT2D eigenvalue weighted by molar-refractivity contribution is 7.98. The number of nitrogens with zero attached hydrogens (tertiary/aromatic N) is 2. The van der Waals surface area contributed by atoms with Crippen LogP contribution in [0.5, 0.6) is 0 Å². The maximum absolute atomic E-state index is 13.0. The topological polar surface area (TPSA) is 33.2 Å². The van der Waals surface area contributed by atoms with E-state index < -0.39 is 5.95 Å². The summed E-state index contributed by atoms with van der Waals surface area (Å²) in [4.78, 5) is 18.4. The predicted octanol–water partition coefficient (Wildman–Crippen LogP) is 3.21. The summed E-state index contributed by atoms with van der Waals surface area (Å²) in [5, 5.41) is 0. The van der Waals surface area contributed by atoms with Gasteiger partial charge in [-0.1, -0.05) is 18.2 Å². The van der Waals surface area contributed by atoms with Gasteiger partial charge in [-0.2, -0.15) is 4.39 Å². The molecule has 0 aliphatic carbocycles. The van der Waals surface area contributed by atoms with Crippen LogP contribution in [0.3, 0.4) is 0 Å². The summed E-state index contributed by atoms with van der Waals surface area (Å²) in [7, 11) is 1.68. The predicted molar refractivity (Wildman–Crippen MR) is 78.2 cm³/mol. The lowest BCUT2D eigenvalue weighted by Crippen LogP contribution is -2.27. The van der Waals surface area contributed by atoms with Crippen molar-refractivity contribution in [2.75, 3.05) is 13.3 Å². The molecule has 0 saturated heterocycles. The van der Waals surface area contributed by atoms with Crippen LogP contribution in [0.25, 0.3) is 0 Å². The summed E-state index contributed by atoms with van der Waals surface area (Å²) < 4.78 is 13.0. The zero-order valence-corrected chi connectivity index (χ0v) is 12.2. The number of carbonyl (C=O) groups is 1. The summed E-state index contributed by atoms with van der Waals surface area (Å²) in [6.07, 6.45) is 2.01. The van der Waals surface area contributed by atoms with E-state index in [1.165, 1.54) is 28.0 Å². The fourth-order valence-corrected chi connectivity index (χ4v) is 2.21. The zero-order valence-electron chi connectivity index (χ0n) is 11.3. The van der Waals surface area contributed by atoms with E-state index in [1.54, 1.807) is 18.8 Å². The van der Waals surface area contributed by atoms with E-state index in [4.69, 9.17) is 0 Å². The van der Waals surface area contributed by atoms with Crippen molar-refractivity contribution in [1.29, 1.82) is 0 Å². The van der Waals surface area contributed by atoms with Gasteiger partial charge in [-0.3, -0.25) is 4.79 Å². The number of halogens is 1. The third-order valence-corrected chi connectivity index (χ3v) is 3.60. The van der Waals surface area contributed by atoms with E-state index in [9.17, 15) is 9.18 Å². The molecule has 0 N–H and O–H groups in total. The number of hydrogen-bond donors (Lipinski definition) is 0. The summed E-state index contributed by atoms with van der Waals surface area (Å²) in [5.41, 5.74) is 1.14. The van der Waals surface area contributed by atoms with Crippen LogP contribution >= 0.6 is 11.8 Å². The quantitative estimate of drug-likeness (QED) is 0.640. The van der Waals surface area contributed by atoms with Gasteiger partial charge in [0.1, 0.15) is 5.69 Å². The van der Waals surface area contributed by atoms with E-state index in [1.807, 2.05) is 30.5 Å². The Morgan fingerprint density at radius 3 is 2.55 bits per heavy atom. The highest BCUT2D eigenvalue weighted by atomic mass is 32.2. The molecule has 104 valence electrons. The number of rotatable bonds is 4. The molecular formula is C15H15FN2OS. The van der Waals surface area contributed by atoms with Crippen LogP contribution < -0.4 is 0 Å². The molecule has 1 amide bonds. The molecule has 1 aromatic heterocycles. The normalized spacial score (nSPS) is 10.3. The Morgan fingerprint density at radius 1 is 1.25 bits per heavy atom. The van der Waals surface area contributed by atoms with Crippen molar-refractivity contribution in [3.63, 3.8) is 0 Å². The molecule has 0 bridgehead atoms. The molecule has 0 aliphatic heterocycles. The molecule has 0 atom stereocenters. The second-order valence-corrected chi connectivity index (χ2v) is 5.23. The largest absolute Gasteiger partial charge is 0.336 e. The SMILES string of the molecule is CSc1ccc(CN(C)C(=O)c2cccc(F)n2)cc1. The van der Waals surface area contributed by atoms with Gasteiger partial charge in [0.15, 0.2) is 0 Å². The number of hydrogen-bond acceptors (Lipinski definition) is 3. The highest BCUT2D eigenvalue weighted by Gasteiger charge is 2.13. The molecular weight excluding hydrogens is 275 g/mol. The van der Waals surface area contributed by atoms with Crippen molar-refractivity contribution in [3.05, 3.63) is 59.7 Å². The number of amides is 1. The van der Waals surface area contributed by atoms with Crippen molar-refractivity contribution in [3.8, 4) is 0 Å². The highest BCUT2D eigenvalue weighted by Crippen LogP contribution is 2.16. The Balaban J connectivity index is 2.07. The Kier molecular flexibility index (Phi) is 4.74. The van der Waals surface area contributed by atoms with Crippen LogP contribution in [0.1, 0.15) is 16.1 Å². The molecule has 0 radical (unpaired) electrons. The third kappa shape index (κ3) is 3.57. The van der Waals surface area contributed by atoms with Crippen LogP contribution in [0.4, 0.5) is 4.39 Å². The molecule has 1 aromatic carbocycles. The Bertz CT molecular complexity index is 601. The molecule has 5 heteroatoms. The van der Waals surface area contributed by atoms with E-state index in [0.29, 0.717) is 6.54 Å². The maximum atomic E-state index is 13.0. The van der Waals surface area contributed by atoms with Gasteiger partial charge in [0, 0.05) is 18.5 Å². The van der Waals surface area contributed by atoms with Gasteiger partial charge in [0.25, 0.3) is 5.91 Å². The lowest BCUT2D eigenvalue weighted by Gasteiger charge is -2.17. The van der Waals surface area contributed by atoms with Crippen molar-refractivity contribution < 1.29 is 9.18 Å². The van der Waals surface area contributed by atoms with Crippen molar-refractivity contribution >= 4 is 17.7 Å². The number of aromatic nitrogens is 1. The maximum Gasteiger partial charge on any atom is 0.272 e. The van der Waals surface area contributed by atoms with Crippen molar-refractivity contribution in [2.24, 2.45) is 0 Å². The Hall–Kier alpha value is -1.88. The molecule has 0 saturated carbocycles. The lowest BCUT2D eigenvalue weighted by atomic mass is 10.2. The van der Waals surface area contributed by atoms with E-state index >= 15 is 0 Å². The summed E-state index contributed by atoms with van der Waals surface area (Å²) in [6, 6.07) is 12.2. The molecule has 20 heavy (non-hydrogen) atoms. The molecule has 3 nitrogen and oxygen atoms in total. The monoisotopic (exact) mass is 290 g/mol. The van der Waals surface area contributed by atoms with Crippen molar-refractivity contribution in [2.45, 2.75) is 11.4 Å². The second-order valence-electron chi connectivity index (χ2n) is 4.35. The summed E-state index contributed by atoms with van der Waals surface area (Å²) in [6.45, 7) is 0.464. The van der Waals surface area contributed by atoms with Crippen LogP contribution in [0, 0.1) is 5.95 Å². The fraction of sp³-hybridized carbons (Fsp3) is 0.200. The zero-order chi connectivity index (χ0) is 14.5. The lowest BCUT2D eigenvalue weighted by molar-refractivity contribution is 0.0778. The molecule has 0 aliphatic rings. The van der Waals surface area contributed by atoms with Gasteiger partial charge >= 0.3 is 0 Å². The standard InChI is InChI=1S/C15H15FN2OS/c1-18(10-11-6-8-12(20-2)9-7-11)15(19)13-4-3-5-14(16)17-13/h3-9H,10H2,1-2H3. The molecule has 2 aromatic rings. The van der Waals surface area contributed by atoms with E-state index in [2.05, 4.69) is 4.98 Å².